The zero-order chi connectivity index (χ0) is 40.4. The number of rotatable bonds is 35. The first-order valence-corrected chi connectivity index (χ1v) is 21.5. The molecule has 0 amide bonds. The van der Waals surface area contributed by atoms with Gasteiger partial charge in [0.05, 0.1) is 6.61 Å². The summed E-state index contributed by atoms with van der Waals surface area (Å²) in [6.45, 7) is 3.74. The Labute approximate surface area is 331 Å². The summed E-state index contributed by atoms with van der Waals surface area (Å²) in [4.78, 5) is 36.7. The van der Waals surface area contributed by atoms with E-state index < -0.39 is 61.3 Å². The van der Waals surface area contributed by atoms with Gasteiger partial charge in [-0.25, -0.2) is 4.79 Å². The molecule has 0 spiro atoms. The van der Waals surface area contributed by atoms with Gasteiger partial charge in [0.25, 0.3) is 0 Å². The second-order valence-corrected chi connectivity index (χ2v) is 14.8. The van der Waals surface area contributed by atoms with Crippen LogP contribution in [0.2, 0.25) is 0 Å². The molecule has 11 heteroatoms. The summed E-state index contributed by atoms with van der Waals surface area (Å²) >= 11 is 0. The number of allylic oxidation sites excluding steroid dienone is 6. The van der Waals surface area contributed by atoms with Crippen molar-refractivity contribution in [2.75, 3.05) is 13.2 Å². The van der Waals surface area contributed by atoms with E-state index in [1.54, 1.807) is 0 Å². The lowest BCUT2D eigenvalue weighted by Gasteiger charge is -2.38. The van der Waals surface area contributed by atoms with Gasteiger partial charge >= 0.3 is 17.9 Å². The number of unbranched alkanes of at least 4 members (excludes halogenated alkanes) is 18. The molecule has 11 nitrogen and oxygen atoms in total. The number of hydrogen-bond acceptors (Lipinski definition) is 10. The molecule has 0 aromatic heterocycles. The van der Waals surface area contributed by atoms with Crippen LogP contribution in [0, 0.1) is 0 Å². The number of hydrogen-bond donors (Lipinski definition) is 4. The number of carboxylic acids is 1. The second kappa shape index (κ2) is 34.7. The van der Waals surface area contributed by atoms with Crippen LogP contribution in [-0.4, -0.2) is 88.4 Å². The number of carbonyl (C=O) groups is 3. The van der Waals surface area contributed by atoms with Crippen LogP contribution < -0.4 is 0 Å². The topological polar surface area (TPSA) is 169 Å². The van der Waals surface area contributed by atoms with Gasteiger partial charge in [-0.15, -0.1) is 0 Å². The Morgan fingerprint density at radius 1 is 0.564 bits per heavy atom. The highest BCUT2D eigenvalue weighted by Gasteiger charge is 2.47. The summed E-state index contributed by atoms with van der Waals surface area (Å²) in [6.07, 6.45) is 29.1. The maximum atomic E-state index is 12.7. The van der Waals surface area contributed by atoms with Crippen LogP contribution in [0.4, 0.5) is 0 Å². The molecule has 0 radical (unpaired) electrons. The molecule has 1 aliphatic heterocycles. The van der Waals surface area contributed by atoms with E-state index in [1.807, 2.05) is 0 Å². The number of aliphatic carboxylic acids is 1. The lowest BCUT2D eigenvalue weighted by atomic mass is 9.99. The van der Waals surface area contributed by atoms with Crippen molar-refractivity contribution in [1.29, 1.82) is 0 Å². The third kappa shape index (κ3) is 26.8. The fourth-order valence-corrected chi connectivity index (χ4v) is 6.26. The smallest absolute Gasteiger partial charge is 0.335 e. The van der Waals surface area contributed by atoms with Crippen LogP contribution in [0.15, 0.2) is 36.5 Å². The molecule has 6 unspecified atom stereocenters. The summed E-state index contributed by atoms with van der Waals surface area (Å²) in [5.41, 5.74) is 0. The average molecular weight is 781 g/mol. The van der Waals surface area contributed by atoms with Gasteiger partial charge in [-0.2, -0.15) is 0 Å². The minimum atomic E-state index is -1.86. The molecular weight excluding hydrogens is 704 g/mol. The minimum absolute atomic E-state index is 0.171. The van der Waals surface area contributed by atoms with Crippen LogP contribution in [0.25, 0.3) is 0 Å². The van der Waals surface area contributed by atoms with E-state index in [4.69, 9.17) is 18.9 Å². The third-order valence-electron chi connectivity index (χ3n) is 9.71. The summed E-state index contributed by atoms with van der Waals surface area (Å²) in [5.74, 6) is -2.47. The fourth-order valence-electron chi connectivity index (χ4n) is 6.26. The number of esters is 2. The van der Waals surface area contributed by atoms with Crippen molar-refractivity contribution in [2.45, 2.75) is 211 Å². The van der Waals surface area contributed by atoms with Gasteiger partial charge in [0, 0.05) is 12.8 Å². The van der Waals surface area contributed by atoms with Gasteiger partial charge in [-0.05, 0) is 70.6 Å². The van der Waals surface area contributed by atoms with Crippen LogP contribution in [0.3, 0.4) is 0 Å². The van der Waals surface area contributed by atoms with E-state index in [-0.39, 0.29) is 19.4 Å². The van der Waals surface area contributed by atoms with Gasteiger partial charge in [0.15, 0.2) is 18.5 Å². The zero-order valence-electron chi connectivity index (χ0n) is 34.2. The van der Waals surface area contributed by atoms with Crippen LogP contribution >= 0.6 is 0 Å². The van der Waals surface area contributed by atoms with Crippen molar-refractivity contribution >= 4 is 17.9 Å². The van der Waals surface area contributed by atoms with Gasteiger partial charge in [-0.3, -0.25) is 9.59 Å². The Balaban J connectivity index is 2.39. The highest BCUT2D eigenvalue weighted by atomic mass is 16.7. The van der Waals surface area contributed by atoms with Gasteiger partial charge in [0.1, 0.15) is 24.9 Å². The number of aliphatic hydroxyl groups excluding tert-OH is 3. The molecule has 0 bridgehead atoms. The van der Waals surface area contributed by atoms with Gasteiger partial charge < -0.3 is 39.4 Å². The van der Waals surface area contributed by atoms with Crippen LogP contribution in [0.1, 0.15) is 174 Å². The average Bonchev–Trinajstić information content (AvgIpc) is 3.17. The SMILES string of the molecule is CCCCC/C=C\C/C=C\CCCCCCCCCC(=O)OCC(COC1OC(C(=O)O)C(O)C(O)C1O)OC(=O)CCCCCCC/C=C\CCCCC. The predicted octanol–water partition coefficient (Wildman–Crippen LogP) is 8.81. The Morgan fingerprint density at radius 2 is 1.02 bits per heavy atom. The summed E-state index contributed by atoms with van der Waals surface area (Å²) in [7, 11) is 0. The lowest BCUT2D eigenvalue weighted by Crippen LogP contribution is -2.60. The maximum absolute atomic E-state index is 12.7. The van der Waals surface area contributed by atoms with Crippen molar-refractivity contribution in [3.05, 3.63) is 36.5 Å². The third-order valence-corrected chi connectivity index (χ3v) is 9.71. The first-order valence-electron chi connectivity index (χ1n) is 21.5. The molecule has 0 saturated carbocycles. The molecule has 55 heavy (non-hydrogen) atoms. The first-order chi connectivity index (χ1) is 26.7. The van der Waals surface area contributed by atoms with E-state index in [9.17, 15) is 34.8 Å². The molecule has 0 aromatic rings. The summed E-state index contributed by atoms with van der Waals surface area (Å²) < 4.78 is 21.7. The van der Waals surface area contributed by atoms with Crippen molar-refractivity contribution in [1.82, 2.24) is 0 Å². The Morgan fingerprint density at radius 3 is 1.53 bits per heavy atom. The standard InChI is InChI=1S/C44H76O11/c1-3-5-7-9-11-13-15-17-18-19-20-21-23-24-26-28-30-32-37(45)52-34-36(35-53-44-41(49)39(47)40(48)42(55-44)43(50)51)54-38(46)33-31-29-27-25-22-16-14-12-10-8-6-4-2/h11-14,17-18,36,39-42,44,47-49H,3-10,15-16,19-35H2,1-2H3,(H,50,51)/b13-11-,14-12-,18-17-. The molecule has 1 fully saturated rings. The normalized spacial score (nSPS) is 20.8. The second-order valence-electron chi connectivity index (χ2n) is 14.8. The first kappa shape index (κ1) is 50.4. The number of carbonyl (C=O) groups excluding carboxylic acids is 2. The molecule has 1 rings (SSSR count). The Kier molecular flexibility index (Phi) is 31.8. The van der Waals surface area contributed by atoms with E-state index >= 15 is 0 Å². The lowest BCUT2D eigenvalue weighted by molar-refractivity contribution is -0.298. The quantitative estimate of drug-likeness (QED) is 0.0275. The fraction of sp³-hybridized carbons (Fsp3) is 0.795. The minimum Gasteiger partial charge on any atom is -0.479 e. The largest absolute Gasteiger partial charge is 0.479 e. The molecule has 318 valence electrons. The molecule has 1 heterocycles. The number of carboxylic acid groups (broad SMARTS) is 1. The summed E-state index contributed by atoms with van der Waals surface area (Å²) in [5, 5.41) is 39.7. The Hall–Kier alpha value is -2.57. The molecule has 1 saturated heterocycles. The zero-order valence-corrected chi connectivity index (χ0v) is 34.2. The molecule has 0 aromatic carbocycles. The number of ether oxygens (including phenoxy) is 4. The van der Waals surface area contributed by atoms with Crippen LogP contribution in [0.5, 0.6) is 0 Å². The van der Waals surface area contributed by atoms with Crippen molar-refractivity contribution in [3.63, 3.8) is 0 Å². The molecular formula is C44H76O11. The molecule has 0 aliphatic carbocycles. The monoisotopic (exact) mass is 781 g/mol. The highest BCUT2D eigenvalue weighted by molar-refractivity contribution is 5.73. The van der Waals surface area contributed by atoms with E-state index in [0.29, 0.717) is 12.8 Å². The van der Waals surface area contributed by atoms with Crippen LogP contribution in [-0.2, 0) is 33.3 Å². The van der Waals surface area contributed by atoms with Gasteiger partial charge in [-0.1, -0.05) is 127 Å². The van der Waals surface area contributed by atoms with E-state index in [1.165, 1.54) is 64.2 Å². The molecule has 4 N–H and O–H groups in total. The van der Waals surface area contributed by atoms with Crippen molar-refractivity contribution in [2.24, 2.45) is 0 Å². The van der Waals surface area contributed by atoms with E-state index in [0.717, 1.165) is 70.6 Å². The Bertz CT molecular complexity index is 1060. The summed E-state index contributed by atoms with van der Waals surface area (Å²) in [6, 6.07) is 0. The van der Waals surface area contributed by atoms with Crippen molar-refractivity contribution in [3.8, 4) is 0 Å². The molecule has 1 aliphatic rings. The van der Waals surface area contributed by atoms with Gasteiger partial charge in [0.2, 0.25) is 0 Å². The van der Waals surface area contributed by atoms with Crippen molar-refractivity contribution < 1.29 is 53.8 Å². The highest BCUT2D eigenvalue weighted by Crippen LogP contribution is 2.23. The predicted molar refractivity (Wildman–Crippen MR) is 215 cm³/mol. The van der Waals surface area contributed by atoms with E-state index in [2.05, 4.69) is 50.3 Å². The number of aliphatic hydroxyl groups is 3. The molecule has 6 atom stereocenters. The maximum Gasteiger partial charge on any atom is 0.335 e.